The van der Waals surface area contributed by atoms with Gasteiger partial charge in [0.05, 0.1) is 5.56 Å². The van der Waals surface area contributed by atoms with Gasteiger partial charge >= 0.3 is 0 Å². The molecule has 94 valence electrons. The first kappa shape index (κ1) is 14.7. The lowest BCUT2D eigenvalue weighted by Gasteiger charge is -2.26. The normalized spacial score (nSPS) is 10.7. The molecule has 0 radical (unpaired) electrons. The van der Waals surface area contributed by atoms with Crippen LogP contribution in [-0.4, -0.2) is 23.9 Å². The highest BCUT2D eigenvalue weighted by Gasteiger charge is 2.20. The monoisotopic (exact) mass is 361 g/mol. The Labute approximate surface area is 120 Å². The van der Waals surface area contributed by atoms with Gasteiger partial charge in [-0.15, -0.1) is 0 Å². The Morgan fingerprint density at radius 2 is 1.88 bits per heavy atom. The number of hydrogen-bond donors (Lipinski definition) is 0. The molecule has 0 N–H and O–H groups in total. The number of hydrogen-bond acceptors (Lipinski definition) is 1. The Bertz CT molecular complexity index is 402. The van der Waals surface area contributed by atoms with Crippen molar-refractivity contribution in [2.75, 3.05) is 7.05 Å². The SMILES string of the molecule is CCC(CC)N(C)C(=O)c1ccc(Br)cc1Br. The molecule has 4 heteroatoms. The van der Waals surface area contributed by atoms with E-state index in [1.165, 1.54) is 0 Å². The predicted molar refractivity (Wildman–Crippen MR) is 78.3 cm³/mol. The zero-order valence-electron chi connectivity index (χ0n) is 10.3. The van der Waals surface area contributed by atoms with Gasteiger partial charge in [-0.3, -0.25) is 4.79 Å². The summed E-state index contributed by atoms with van der Waals surface area (Å²) in [5, 5.41) is 0. The summed E-state index contributed by atoms with van der Waals surface area (Å²) in [6.07, 6.45) is 1.96. The van der Waals surface area contributed by atoms with Gasteiger partial charge in [0.2, 0.25) is 0 Å². The lowest BCUT2D eigenvalue weighted by Crippen LogP contribution is -2.36. The van der Waals surface area contributed by atoms with Gasteiger partial charge in [0.15, 0.2) is 0 Å². The van der Waals surface area contributed by atoms with E-state index in [4.69, 9.17) is 0 Å². The minimum atomic E-state index is 0.0677. The quantitative estimate of drug-likeness (QED) is 0.773. The van der Waals surface area contributed by atoms with Crippen LogP contribution in [0.25, 0.3) is 0 Å². The summed E-state index contributed by atoms with van der Waals surface area (Å²) in [6.45, 7) is 4.21. The summed E-state index contributed by atoms with van der Waals surface area (Å²) >= 11 is 6.82. The maximum Gasteiger partial charge on any atom is 0.254 e. The third-order valence-electron chi connectivity index (χ3n) is 2.97. The largest absolute Gasteiger partial charge is 0.339 e. The van der Waals surface area contributed by atoms with Crippen LogP contribution in [0.2, 0.25) is 0 Å². The maximum absolute atomic E-state index is 12.3. The van der Waals surface area contributed by atoms with Crippen LogP contribution in [0.4, 0.5) is 0 Å². The number of rotatable bonds is 4. The molecule has 17 heavy (non-hydrogen) atoms. The molecule has 2 nitrogen and oxygen atoms in total. The van der Waals surface area contributed by atoms with Crippen molar-refractivity contribution in [3.63, 3.8) is 0 Å². The van der Waals surface area contributed by atoms with Crippen LogP contribution in [0.15, 0.2) is 27.1 Å². The van der Waals surface area contributed by atoms with Crippen LogP contribution in [-0.2, 0) is 0 Å². The van der Waals surface area contributed by atoms with Crippen molar-refractivity contribution in [2.24, 2.45) is 0 Å². The van der Waals surface area contributed by atoms with Gasteiger partial charge in [0.1, 0.15) is 0 Å². The second-order valence-electron chi connectivity index (χ2n) is 4.01. The molecule has 0 spiro atoms. The van der Waals surface area contributed by atoms with Gasteiger partial charge in [-0.25, -0.2) is 0 Å². The smallest absolute Gasteiger partial charge is 0.254 e. The second kappa shape index (κ2) is 6.55. The molecule has 0 heterocycles. The van der Waals surface area contributed by atoms with Crippen molar-refractivity contribution < 1.29 is 4.79 Å². The van der Waals surface area contributed by atoms with Crippen LogP contribution in [0.1, 0.15) is 37.0 Å². The van der Waals surface area contributed by atoms with E-state index in [0.29, 0.717) is 11.6 Å². The molecular formula is C13H17Br2NO. The topological polar surface area (TPSA) is 20.3 Å². The van der Waals surface area contributed by atoms with Crippen LogP contribution < -0.4 is 0 Å². The van der Waals surface area contributed by atoms with Gasteiger partial charge in [0.25, 0.3) is 5.91 Å². The standard InChI is InChI=1S/C13H17Br2NO/c1-4-10(5-2)16(3)13(17)11-7-6-9(14)8-12(11)15/h6-8,10H,4-5H2,1-3H3. The van der Waals surface area contributed by atoms with Crippen molar-refractivity contribution in [3.8, 4) is 0 Å². The first-order valence-electron chi connectivity index (χ1n) is 5.73. The number of carbonyl (C=O) groups is 1. The fourth-order valence-electron chi connectivity index (χ4n) is 1.86. The summed E-state index contributed by atoms with van der Waals surface area (Å²) in [4.78, 5) is 14.1. The van der Waals surface area contributed by atoms with E-state index < -0.39 is 0 Å². The number of amides is 1. The number of nitrogens with zero attached hydrogens (tertiary/aromatic N) is 1. The average molecular weight is 363 g/mol. The molecule has 0 aliphatic rings. The third-order valence-corrected chi connectivity index (χ3v) is 4.12. The zero-order valence-corrected chi connectivity index (χ0v) is 13.5. The summed E-state index contributed by atoms with van der Waals surface area (Å²) < 4.78 is 1.79. The van der Waals surface area contributed by atoms with Crippen molar-refractivity contribution in [1.82, 2.24) is 4.90 Å². The Kier molecular flexibility index (Phi) is 5.67. The highest BCUT2D eigenvalue weighted by molar-refractivity contribution is 9.11. The van der Waals surface area contributed by atoms with Gasteiger partial charge in [-0.1, -0.05) is 29.8 Å². The molecule has 1 aromatic carbocycles. The molecule has 0 aliphatic carbocycles. The number of benzene rings is 1. The second-order valence-corrected chi connectivity index (χ2v) is 5.78. The lowest BCUT2D eigenvalue weighted by atomic mass is 10.1. The van der Waals surface area contributed by atoms with E-state index in [9.17, 15) is 4.79 Å². The highest BCUT2D eigenvalue weighted by atomic mass is 79.9. The van der Waals surface area contributed by atoms with E-state index in [-0.39, 0.29) is 5.91 Å². The molecule has 0 saturated heterocycles. The number of halogens is 2. The molecule has 1 amide bonds. The minimum absolute atomic E-state index is 0.0677. The fourth-order valence-corrected chi connectivity index (χ4v) is 3.07. The predicted octanol–water partition coefficient (Wildman–Crippen LogP) is 4.47. The van der Waals surface area contributed by atoms with E-state index >= 15 is 0 Å². The van der Waals surface area contributed by atoms with Crippen molar-refractivity contribution >= 4 is 37.8 Å². The molecule has 0 atom stereocenters. The van der Waals surface area contributed by atoms with Crippen molar-refractivity contribution in [1.29, 1.82) is 0 Å². The summed E-state index contributed by atoms with van der Waals surface area (Å²) in [6, 6.07) is 5.93. The fraction of sp³-hybridized carbons (Fsp3) is 0.462. The summed E-state index contributed by atoms with van der Waals surface area (Å²) in [5.41, 5.74) is 0.711. The molecule has 0 bridgehead atoms. The van der Waals surface area contributed by atoms with E-state index in [1.807, 2.05) is 30.1 Å². The molecular weight excluding hydrogens is 346 g/mol. The Morgan fingerprint density at radius 1 is 1.29 bits per heavy atom. The first-order valence-corrected chi connectivity index (χ1v) is 7.32. The van der Waals surface area contributed by atoms with E-state index in [1.54, 1.807) is 0 Å². The molecule has 0 unspecified atom stereocenters. The van der Waals surface area contributed by atoms with Gasteiger partial charge in [0, 0.05) is 22.0 Å². The van der Waals surface area contributed by atoms with Crippen molar-refractivity contribution in [2.45, 2.75) is 32.7 Å². The van der Waals surface area contributed by atoms with Crippen LogP contribution >= 0.6 is 31.9 Å². The highest BCUT2D eigenvalue weighted by Crippen LogP contribution is 2.24. The summed E-state index contributed by atoms with van der Waals surface area (Å²) in [7, 11) is 1.87. The van der Waals surface area contributed by atoms with Crippen LogP contribution in [0.3, 0.4) is 0 Å². The maximum atomic E-state index is 12.3. The molecule has 0 aliphatic heterocycles. The van der Waals surface area contributed by atoms with Crippen LogP contribution in [0.5, 0.6) is 0 Å². The molecule has 0 fully saturated rings. The Hall–Kier alpha value is -0.350. The van der Waals surface area contributed by atoms with Crippen LogP contribution in [0, 0.1) is 0 Å². The minimum Gasteiger partial charge on any atom is -0.339 e. The number of carbonyl (C=O) groups excluding carboxylic acids is 1. The molecule has 0 saturated carbocycles. The Balaban J connectivity index is 2.96. The third kappa shape index (κ3) is 3.55. The Morgan fingerprint density at radius 3 is 2.35 bits per heavy atom. The first-order chi connectivity index (χ1) is 8.01. The molecule has 0 aromatic heterocycles. The summed E-state index contributed by atoms with van der Waals surface area (Å²) in [5.74, 6) is 0.0677. The van der Waals surface area contributed by atoms with E-state index in [0.717, 1.165) is 21.8 Å². The lowest BCUT2D eigenvalue weighted by molar-refractivity contribution is 0.0723. The van der Waals surface area contributed by atoms with E-state index in [2.05, 4.69) is 45.7 Å². The average Bonchev–Trinajstić information content (AvgIpc) is 2.29. The van der Waals surface area contributed by atoms with Gasteiger partial charge in [-0.2, -0.15) is 0 Å². The zero-order chi connectivity index (χ0) is 13.0. The van der Waals surface area contributed by atoms with Gasteiger partial charge < -0.3 is 4.90 Å². The van der Waals surface area contributed by atoms with Crippen molar-refractivity contribution in [3.05, 3.63) is 32.7 Å². The molecule has 1 rings (SSSR count). The molecule has 1 aromatic rings. The van der Waals surface area contributed by atoms with Gasteiger partial charge in [-0.05, 0) is 47.0 Å².